The molecule has 1 aliphatic heterocycles. The van der Waals surface area contributed by atoms with Gasteiger partial charge >= 0.3 is 0 Å². The number of nitrogen functional groups attached to an aromatic ring is 1. The molecule has 0 aliphatic carbocycles. The molecule has 0 amide bonds. The van der Waals surface area contributed by atoms with Gasteiger partial charge in [0, 0.05) is 43.2 Å². The van der Waals surface area contributed by atoms with Crippen LogP contribution in [0.1, 0.15) is 11.1 Å². The van der Waals surface area contributed by atoms with Gasteiger partial charge < -0.3 is 15.5 Å². The molecule has 0 unspecified atom stereocenters. The van der Waals surface area contributed by atoms with Crippen LogP contribution in [0.15, 0.2) is 42.5 Å². The van der Waals surface area contributed by atoms with Crippen molar-refractivity contribution in [3.8, 4) is 0 Å². The first kappa shape index (κ1) is 13.8. The van der Waals surface area contributed by atoms with E-state index in [1.54, 1.807) is 0 Å². The molecule has 0 aromatic heterocycles. The normalized spacial score (nSPS) is 15.3. The van der Waals surface area contributed by atoms with Crippen molar-refractivity contribution in [3.05, 3.63) is 53.6 Å². The van der Waals surface area contributed by atoms with Gasteiger partial charge in [-0.15, -0.1) is 0 Å². The van der Waals surface area contributed by atoms with Crippen LogP contribution in [0, 0.1) is 13.8 Å². The predicted octanol–water partition coefficient (Wildman–Crippen LogP) is 3.21. The number of rotatable bonds is 2. The van der Waals surface area contributed by atoms with Gasteiger partial charge in [-0.3, -0.25) is 0 Å². The molecule has 21 heavy (non-hydrogen) atoms. The SMILES string of the molecule is Cc1cccc(N2CCN(c3cc(N)ccc3C)CC2)c1. The maximum absolute atomic E-state index is 5.93. The smallest absolute Gasteiger partial charge is 0.0417 e. The van der Waals surface area contributed by atoms with Gasteiger partial charge in [0.15, 0.2) is 0 Å². The standard InChI is InChI=1S/C18H23N3/c1-14-4-3-5-17(12-14)20-8-10-21(11-9-20)18-13-16(19)7-6-15(18)2/h3-7,12-13H,8-11,19H2,1-2H3. The summed E-state index contributed by atoms with van der Waals surface area (Å²) in [4.78, 5) is 4.91. The second kappa shape index (κ2) is 5.68. The summed E-state index contributed by atoms with van der Waals surface area (Å²) in [6.07, 6.45) is 0. The summed E-state index contributed by atoms with van der Waals surface area (Å²) < 4.78 is 0. The zero-order valence-electron chi connectivity index (χ0n) is 12.8. The summed E-state index contributed by atoms with van der Waals surface area (Å²) in [6.45, 7) is 8.49. The van der Waals surface area contributed by atoms with Crippen molar-refractivity contribution in [2.24, 2.45) is 0 Å². The Morgan fingerprint density at radius 2 is 1.57 bits per heavy atom. The minimum Gasteiger partial charge on any atom is -0.399 e. The molecule has 1 heterocycles. The van der Waals surface area contributed by atoms with Crippen LogP contribution in [0.4, 0.5) is 17.1 Å². The lowest BCUT2D eigenvalue weighted by Crippen LogP contribution is -2.46. The average molecular weight is 281 g/mol. The topological polar surface area (TPSA) is 32.5 Å². The molecule has 1 fully saturated rings. The van der Waals surface area contributed by atoms with E-state index >= 15 is 0 Å². The van der Waals surface area contributed by atoms with Crippen molar-refractivity contribution >= 4 is 17.1 Å². The molecule has 3 heteroatoms. The Labute approximate surface area is 127 Å². The molecule has 2 aromatic rings. The number of benzene rings is 2. The van der Waals surface area contributed by atoms with E-state index in [1.807, 2.05) is 6.07 Å². The van der Waals surface area contributed by atoms with Crippen molar-refractivity contribution in [1.82, 2.24) is 0 Å². The van der Waals surface area contributed by atoms with E-state index < -0.39 is 0 Å². The summed E-state index contributed by atoms with van der Waals surface area (Å²) >= 11 is 0. The number of nitrogens with zero attached hydrogens (tertiary/aromatic N) is 2. The quantitative estimate of drug-likeness (QED) is 0.858. The van der Waals surface area contributed by atoms with Crippen molar-refractivity contribution in [2.45, 2.75) is 13.8 Å². The van der Waals surface area contributed by atoms with Crippen LogP contribution < -0.4 is 15.5 Å². The van der Waals surface area contributed by atoms with Gasteiger partial charge in [0.2, 0.25) is 0 Å². The Morgan fingerprint density at radius 1 is 0.857 bits per heavy atom. The first-order valence-corrected chi connectivity index (χ1v) is 7.56. The molecule has 3 rings (SSSR count). The lowest BCUT2D eigenvalue weighted by Gasteiger charge is -2.38. The molecule has 0 saturated carbocycles. The van der Waals surface area contributed by atoms with Crippen LogP contribution in [0.25, 0.3) is 0 Å². The first-order chi connectivity index (χ1) is 10.1. The van der Waals surface area contributed by atoms with Crippen molar-refractivity contribution < 1.29 is 0 Å². The fraction of sp³-hybridized carbons (Fsp3) is 0.333. The molecule has 0 bridgehead atoms. The van der Waals surface area contributed by atoms with E-state index in [2.05, 4.69) is 60.0 Å². The van der Waals surface area contributed by atoms with E-state index in [1.165, 1.54) is 22.5 Å². The van der Waals surface area contributed by atoms with Crippen LogP contribution in [0.5, 0.6) is 0 Å². The van der Waals surface area contributed by atoms with E-state index in [4.69, 9.17) is 5.73 Å². The van der Waals surface area contributed by atoms with Gasteiger partial charge in [0.25, 0.3) is 0 Å². The highest BCUT2D eigenvalue weighted by atomic mass is 15.3. The summed E-state index contributed by atoms with van der Waals surface area (Å²) in [6, 6.07) is 14.9. The van der Waals surface area contributed by atoms with Gasteiger partial charge in [0.1, 0.15) is 0 Å². The van der Waals surface area contributed by atoms with Gasteiger partial charge in [-0.1, -0.05) is 18.2 Å². The number of hydrogen-bond acceptors (Lipinski definition) is 3. The molecule has 110 valence electrons. The molecule has 1 aliphatic rings. The fourth-order valence-corrected chi connectivity index (χ4v) is 3.00. The molecular weight excluding hydrogens is 258 g/mol. The number of piperazine rings is 1. The highest BCUT2D eigenvalue weighted by Crippen LogP contribution is 2.25. The van der Waals surface area contributed by atoms with Crippen molar-refractivity contribution in [3.63, 3.8) is 0 Å². The third-order valence-electron chi connectivity index (χ3n) is 4.22. The minimum absolute atomic E-state index is 0.844. The summed E-state index contributed by atoms with van der Waals surface area (Å²) in [5.74, 6) is 0. The van der Waals surface area contributed by atoms with Crippen LogP contribution in [0.3, 0.4) is 0 Å². The summed E-state index contributed by atoms with van der Waals surface area (Å²) in [5.41, 5.74) is 12.0. The first-order valence-electron chi connectivity index (χ1n) is 7.56. The Morgan fingerprint density at radius 3 is 2.29 bits per heavy atom. The Kier molecular flexibility index (Phi) is 3.74. The molecule has 2 aromatic carbocycles. The Hall–Kier alpha value is -2.16. The van der Waals surface area contributed by atoms with Gasteiger partial charge in [0.05, 0.1) is 0 Å². The van der Waals surface area contributed by atoms with Crippen LogP contribution in [0.2, 0.25) is 0 Å². The van der Waals surface area contributed by atoms with Gasteiger partial charge in [-0.2, -0.15) is 0 Å². The number of anilines is 3. The zero-order valence-corrected chi connectivity index (χ0v) is 12.8. The highest BCUT2D eigenvalue weighted by Gasteiger charge is 2.18. The maximum atomic E-state index is 5.93. The maximum Gasteiger partial charge on any atom is 0.0417 e. The second-order valence-electron chi connectivity index (χ2n) is 5.86. The molecular formula is C18H23N3. The monoisotopic (exact) mass is 281 g/mol. The van der Waals surface area contributed by atoms with Crippen molar-refractivity contribution in [2.75, 3.05) is 41.7 Å². The fourth-order valence-electron chi connectivity index (χ4n) is 3.00. The Bertz CT molecular complexity index is 628. The van der Waals surface area contributed by atoms with Crippen LogP contribution in [-0.2, 0) is 0 Å². The van der Waals surface area contributed by atoms with E-state index in [0.717, 1.165) is 31.9 Å². The average Bonchev–Trinajstić information content (AvgIpc) is 2.50. The number of hydrogen-bond donors (Lipinski definition) is 1. The van der Waals surface area contributed by atoms with E-state index in [-0.39, 0.29) is 0 Å². The number of aryl methyl sites for hydroxylation is 2. The second-order valence-corrected chi connectivity index (χ2v) is 5.86. The highest BCUT2D eigenvalue weighted by molar-refractivity contribution is 5.62. The third kappa shape index (κ3) is 2.97. The largest absolute Gasteiger partial charge is 0.399 e. The predicted molar refractivity (Wildman–Crippen MR) is 91.2 cm³/mol. The van der Waals surface area contributed by atoms with Gasteiger partial charge in [-0.25, -0.2) is 0 Å². The molecule has 1 saturated heterocycles. The molecule has 0 radical (unpaired) electrons. The lowest BCUT2D eigenvalue weighted by molar-refractivity contribution is 0.652. The van der Waals surface area contributed by atoms with E-state index in [0.29, 0.717) is 0 Å². The molecule has 0 spiro atoms. The summed E-state index contributed by atoms with van der Waals surface area (Å²) in [7, 11) is 0. The Balaban J connectivity index is 1.72. The molecule has 3 nitrogen and oxygen atoms in total. The molecule has 2 N–H and O–H groups in total. The van der Waals surface area contributed by atoms with Crippen LogP contribution >= 0.6 is 0 Å². The van der Waals surface area contributed by atoms with Crippen LogP contribution in [-0.4, -0.2) is 26.2 Å². The zero-order chi connectivity index (χ0) is 14.8. The minimum atomic E-state index is 0.844. The van der Waals surface area contributed by atoms with E-state index in [9.17, 15) is 0 Å². The third-order valence-corrected chi connectivity index (χ3v) is 4.22. The molecule has 0 atom stereocenters. The number of nitrogens with two attached hydrogens (primary N) is 1. The van der Waals surface area contributed by atoms with Gasteiger partial charge in [-0.05, 0) is 49.2 Å². The summed E-state index contributed by atoms with van der Waals surface area (Å²) in [5, 5.41) is 0. The lowest BCUT2D eigenvalue weighted by atomic mass is 10.1. The van der Waals surface area contributed by atoms with Crippen molar-refractivity contribution in [1.29, 1.82) is 0 Å².